The molecule has 3 aliphatic rings. The molecule has 0 aliphatic carbocycles. The second kappa shape index (κ2) is 8.23. The number of hydrogen-bond donors (Lipinski definition) is 0. The Hall–Kier alpha value is -2.75. The molecule has 2 saturated heterocycles. The first-order chi connectivity index (χ1) is 16.1. The van der Waals surface area contributed by atoms with Crippen molar-refractivity contribution in [2.45, 2.75) is 44.5 Å². The summed E-state index contributed by atoms with van der Waals surface area (Å²) < 4.78 is 46.9. The fourth-order valence-electron chi connectivity index (χ4n) is 5.09. The molecule has 0 spiro atoms. The largest absolute Gasteiger partial charge is 0.381 e. The molecule has 33 heavy (non-hydrogen) atoms. The zero-order valence-corrected chi connectivity index (χ0v) is 17.9. The Morgan fingerprint density at radius 2 is 1.97 bits per heavy atom. The summed E-state index contributed by atoms with van der Waals surface area (Å²) >= 11 is 0. The molecule has 2 fully saturated rings. The number of halogens is 2. The predicted octanol–water partition coefficient (Wildman–Crippen LogP) is 3.36. The van der Waals surface area contributed by atoms with Crippen molar-refractivity contribution in [1.29, 1.82) is 0 Å². The van der Waals surface area contributed by atoms with E-state index in [1.165, 1.54) is 16.5 Å². The van der Waals surface area contributed by atoms with Crippen LogP contribution in [0, 0.1) is 17.6 Å². The highest BCUT2D eigenvalue weighted by atomic mass is 19.1. The molecule has 2 aromatic heterocycles. The van der Waals surface area contributed by atoms with Crippen molar-refractivity contribution in [2.24, 2.45) is 5.92 Å². The third kappa shape index (κ3) is 3.64. The summed E-state index contributed by atoms with van der Waals surface area (Å²) in [5.74, 6) is -1.05. The summed E-state index contributed by atoms with van der Waals surface area (Å²) in [5, 5.41) is 0. The van der Waals surface area contributed by atoms with Gasteiger partial charge in [0, 0.05) is 42.9 Å². The normalized spacial score (nSPS) is 25.0. The fraction of sp³-hybridized carbons (Fsp3) is 0.458. The van der Waals surface area contributed by atoms with Gasteiger partial charge in [-0.05, 0) is 31.4 Å². The van der Waals surface area contributed by atoms with Gasteiger partial charge in [-0.15, -0.1) is 0 Å². The molecule has 7 nitrogen and oxygen atoms in total. The van der Waals surface area contributed by atoms with Gasteiger partial charge in [0.05, 0.1) is 42.9 Å². The van der Waals surface area contributed by atoms with E-state index in [0.717, 1.165) is 31.9 Å². The topological polar surface area (TPSA) is 75.0 Å². The molecule has 0 bridgehead atoms. The lowest BCUT2D eigenvalue weighted by atomic mass is 9.86. The maximum absolute atomic E-state index is 14.8. The van der Waals surface area contributed by atoms with E-state index in [0.29, 0.717) is 36.1 Å². The van der Waals surface area contributed by atoms with Crippen LogP contribution in [0.3, 0.4) is 0 Å². The lowest BCUT2D eigenvalue weighted by molar-refractivity contribution is -0.0311. The van der Waals surface area contributed by atoms with E-state index in [4.69, 9.17) is 19.2 Å². The highest BCUT2D eigenvalue weighted by Crippen LogP contribution is 2.36. The van der Waals surface area contributed by atoms with Gasteiger partial charge in [0.25, 0.3) is 5.56 Å². The van der Waals surface area contributed by atoms with Gasteiger partial charge in [-0.2, -0.15) is 0 Å². The van der Waals surface area contributed by atoms with E-state index in [-0.39, 0.29) is 47.7 Å². The number of fused-ring (bicyclic) bond motifs is 2. The molecule has 1 unspecified atom stereocenters. The van der Waals surface area contributed by atoms with Gasteiger partial charge in [0.1, 0.15) is 17.3 Å². The third-order valence-corrected chi connectivity index (χ3v) is 6.90. The van der Waals surface area contributed by atoms with Gasteiger partial charge in [-0.1, -0.05) is 0 Å². The average Bonchev–Trinajstić information content (AvgIpc) is 3.52. The van der Waals surface area contributed by atoms with Gasteiger partial charge in [0.15, 0.2) is 5.65 Å². The number of nitrogens with zero attached hydrogens (tertiary/aromatic N) is 3. The van der Waals surface area contributed by atoms with Crippen molar-refractivity contribution in [3.05, 3.63) is 63.3 Å². The van der Waals surface area contributed by atoms with Gasteiger partial charge >= 0.3 is 0 Å². The molecule has 172 valence electrons. The Morgan fingerprint density at radius 1 is 1.06 bits per heavy atom. The maximum atomic E-state index is 14.8. The Bertz CT molecular complexity index is 1290. The summed E-state index contributed by atoms with van der Waals surface area (Å²) in [4.78, 5) is 22.7. The van der Waals surface area contributed by atoms with Crippen LogP contribution >= 0.6 is 0 Å². The highest BCUT2D eigenvalue weighted by Gasteiger charge is 2.34. The number of hydrogen-bond acceptors (Lipinski definition) is 6. The van der Waals surface area contributed by atoms with E-state index < -0.39 is 11.6 Å². The van der Waals surface area contributed by atoms with E-state index in [2.05, 4.69) is 4.98 Å². The van der Waals surface area contributed by atoms with E-state index in [1.54, 1.807) is 6.20 Å². The van der Waals surface area contributed by atoms with Crippen molar-refractivity contribution in [1.82, 2.24) is 14.4 Å². The van der Waals surface area contributed by atoms with Crippen molar-refractivity contribution in [2.75, 3.05) is 19.8 Å². The molecule has 6 rings (SSSR count). The van der Waals surface area contributed by atoms with E-state index >= 15 is 0 Å². The first-order valence-electron chi connectivity index (χ1n) is 11.3. The minimum Gasteiger partial charge on any atom is -0.381 e. The molecule has 3 aliphatic heterocycles. The van der Waals surface area contributed by atoms with Crippen molar-refractivity contribution < 1.29 is 23.0 Å². The van der Waals surface area contributed by atoms with Gasteiger partial charge in [0.2, 0.25) is 0 Å². The molecule has 0 N–H and O–H groups in total. The maximum Gasteiger partial charge on any atom is 0.263 e. The SMILES string of the molecule is O=c1c2c(nc3c(-c4ccc(F)cc4F)nc([C@@H]4CCO[C@H](C5CCOC5)C4)cn13)COC2. The predicted molar refractivity (Wildman–Crippen MR) is 114 cm³/mol. The van der Waals surface area contributed by atoms with Crippen molar-refractivity contribution in [3.8, 4) is 11.3 Å². The molecule has 0 saturated carbocycles. The van der Waals surface area contributed by atoms with Crippen molar-refractivity contribution >= 4 is 5.65 Å². The van der Waals surface area contributed by atoms with Gasteiger partial charge in [-0.3, -0.25) is 9.20 Å². The lowest BCUT2D eigenvalue weighted by Gasteiger charge is -2.32. The minimum atomic E-state index is -0.750. The average molecular weight is 455 g/mol. The molecular formula is C24H23F2N3O4. The second-order valence-corrected chi connectivity index (χ2v) is 8.92. The molecular weight excluding hydrogens is 432 g/mol. The number of ether oxygens (including phenoxy) is 3. The molecule has 3 atom stereocenters. The molecule has 3 aromatic rings. The number of aromatic nitrogens is 3. The summed E-state index contributed by atoms with van der Waals surface area (Å²) in [7, 11) is 0. The quantitative estimate of drug-likeness (QED) is 0.603. The van der Waals surface area contributed by atoms with Crippen LogP contribution in [-0.2, 0) is 27.4 Å². The van der Waals surface area contributed by atoms with Crippen LogP contribution in [0.1, 0.15) is 42.1 Å². The Kier molecular flexibility index (Phi) is 5.20. The molecule has 5 heterocycles. The molecule has 0 amide bonds. The second-order valence-electron chi connectivity index (χ2n) is 8.92. The first-order valence-corrected chi connectivity index (χ1v) is 11.3. The fourth-order valence-corrected chi connectivity index (χ4v) is 5.09. The smallest absolute Gasteiger partial charge is 0.263 e. The zero-order chi connectivity index (χ0) is 22.5. The minimum absolute atomic E-state index is 0.0346. The molecule has 1 aromatic carbocycles. The van der Waals surface area contributed by atoms with Crippen LogP contribution in [0.25, 0.3) is 16.9 Å². The number of benzene rings is 1. The van der Waals surface area contributed by atoms with Crippen LogP contribution in [0.4, 0.5) is 8.78 Å². The highest BCUT2D eigenvalue weighted by molar-refractivity contribution is 5.74. The first kappa shape index (κ1) is 20.8. The van der Waals surface area contributed by atoms with Gasteiger partial charge < -0.3 is 14.2 Å². The Morgan fingerprint density at radius 3 is 2.79 bits per heavy atom. The lowest BCUT2D eigenvalue weighted by Crippen LogP contribution is -2.32. The standard InChI is InChI=1S/C24H23F2N3O4/c25-15-1-2-16(18(26)8-15)22-23-28-20-12-32-11-17(20)24(30)29(23)9-19(27-22)13-4-6-33-21(7-13)14-3-5-31-10-14/h1-2,8-9,13-14,21H,3-7,10-12H2/t13-,14?,21+/m1/s1. The summed E-state index contributed by atoms with van der Waals surface area (Å²) in [6.07, 6.45) is 4.22. The molecule has 0 radical (unpaired) electrons. The Labute approximate surface area is 188 Å². The summed E-state index contributed by atoms with van der Waals surface area (Å²) in [6, 6.07) is 3.34. The van der Waals surface area contributed by atoms with E-state index in [9.17, 15) is 13.6 Å². The van der Waals surface area contributed by atoms with E-state index in [1.807, 2.05) is 0 Å². The monoisotopic (exact) mass is 455 g/mol. The van der Waals surface area contributed by atoms with Gasteiger partial charge in [-0.25, -0.2) is 18.7 Å². The van der Waals surface area contributed by atoms with Crippen LogP contribution in [0.2, 0.25) is 0 Å². The van der Waals surface area contributed by atoms with Crippen LogP contribution in [0.15, 0.2) is 29.2 Å². The van der Waals surface area contributed by atoms with Crippen LogP contribution < -0.4 is 5.56 Å². The zero-order valence-electron chi connectivity index (χ0n) is 17.9. The third-order valence-electron chi connectivity index (χ3n) is 6.90. The van der Waals surface area contributed by atoms with Crippen LogP contribution in [-0.4, -0.2) is 40.3 Å². The number of rotatable bonds is 3. The molecule has 9 heteroatoms. The summed E-state index contributed by atoms with van der Waals surface area (Å²) in [5.41, 5.74) is 2.04. The van der Waals surface area contributed by atoms with Crippen LogP contribution in [0.5, 0.6) is 0 Å². The Balaban J connectivity index is 1.51. The summed E-state index contributed by atoms with van der Waals surface area (Å²) in [6.45, 7) is 2.43. The van der Waals surface area contributed by atoms with Crippen molar-refractivity contribution in [3.63, 3.8) is 0 Å².